The van der Waals surface area contributed by atoms with Gasteiger partial charge < -0.3 is 15.5 Å². The number of anilines is 1. The minimum atomic E-state index is -0.353. The largest absolute Gasteiger partial charge is 0.367 e. The lowest BCUT2D eigenvalue weighted by Gasteiger charge is -2.42. The number of amides is 4. The topological polar surface area (TPSA) is 85.0 Å². The molecule has 208 valence electrons. The van der Waals surface area contributed by atoms with E-state index in [-0.39, 0.29) is 41.5 Å². The summed E-state index contributed by atoms with van der Waals surface area (Å²) in [5, 5.41) is 6.07. The van der Waals surface area contributed by atoms with E-state index < -0.39 is 0 Å². The number of urea groups is 1. The van der Waals surface area contributed by atoms with Gasteiger partial charge in [0.15, 0.2) is 0 Å². The normalized spacial score (nSPS) is 23.8. The molecule has 2 heterocycles. The van der Waals surface area contributed by atoms with Crippen LogP contribution in [0.25, 0.3) is 0 Å². The Morgan fingerprint density at radius 1 is 0.949 bits per heavy atom. The first-order valence-corrected chi connectivity index (χ1v) is 14.1. The maximum absolute atomic E-state index is 14.1. The maximum Gasteiger partial charge on any atom is 0.324 e. The molecule has 9 heteroatoms. The zero-order chi connectivity index (χ0) is 27.2. The highest BCUT2D eigenvalue weighted by molar-refractivity contribution is 5.99. The van der Waals surface area contributed by atoms with Crippen LogP contribution < -0.4 is 15.5 Å². The minimum absolute atomic E-state index is 0.00558. The van der Waals surface area contributed by atoms with Crippen LogP contribution in [0.3, 0.4) is 0 Å². The molecule has 3 fully saturated rings. The summed E-state index contributed by atoms with van der Waals surface area (Å²) in [7, 11) is 0. The number of hydrogen-bond acceptors (Lipinski definition) is 5. The second kappa shape index (κ2) is 12.6. The molecule has 1 saturated carbocycles. The van der Waals surface area contributed by atoms with Gasteiger partial charge in [0.2, 0.25) is 11.8 Å². The molecule has 3 unspecified atom stereocenters. The third-order valence-electron chi connectivity index (χ3n) is 8.34. The fraction of sp³-hybridized carbons (Fsp3) is 0.500. The highest BCUT2D eigenvalue weighted by Gasteiger charge is 2.45. The molecule has 0 spiro atoms. The summed E-state index contributed by atoms with van der Waals surface area (Å²) in [5.74, 6) is -0.745. The van der Waals surface area contributed by atoms with E-state index in [1.54, 1.807) is 6.07 Å². The van der Waals surface area contributed by atoms with Gasteiger partial charge in [-0.2, -0.15) is 0 Å². The second-order valence-corrected chi connectivity index (χ2v) is 10.8. The third kappa shape index (κ3) is 6.58. The highest BCUT2D eigenvalue weighted by Crippen LogP contribution is 2.33. The number of halogens is 1. The number of fused-ring (bicyclic) bond motifs is 1. The SMILES string of the molecule is O=C(NCCCN1CCN(c2ccccc2F)CC1)C1CCC2C(=O)N(CCc3ccccc3)C(=O)NC2C1. The number of carbonyl (C=O) groups is 3. The van der Waals surface area contributed by atoms with Gasteiger partial charge in [0.1, 0.15) is 5.82 Å². The van der Waals surface area contributed by atoms with Crippen LogP contribution in [0, 0.1) is 17.7 Å². The predicted octanol–water partition coefficient (Wildman–Crippen LogP) is 3.03. The first kappa shape index (κ1) is 27.1. The molecule has 2 N–H and O–H groups in total. The summed E-state index contributed by atoms with van der Waals surface area (Å²) >= 11 is 0. The molecule has 0 radical (unpaired) electrons. The Morgan fingerprint density at radius 2 is 1.69 bits per heavy atom. The van der Waals surface area contributed by atoms with E-state index in [0.717, 1.165) is 44.7 Å². The molecule has 1 aliphatic carbocycles. The molecular formula is C30H38FN5O3. The molecule has 0 bridgehead atoms. The van der Waals surface area contributed by atoms with Crippen molar-refractivity contribution in [2.75, 3.05) is 50.7 Å². The van der Waals surface area contributed by atoms with Crippen LogP contribution in [0.5, 0.6) is 0 Å². The minimum Gasteiger partial charge on any atom is -0.367 e. The third-order valence-corrected chi connectivity index (χ3v) is 8.34. The Bertz CT molecular complexity index is 1150. The van der Waals surface area contributed by atoms with Crippen molar-refractivity contribution >= 4 is 23.5 Å². The van der Waals surface area contributed by atoms with Crippen LogP contribution in [0.2, 0.25) is 0 Å². The Hall–Kier alpha value is -3.46. The summed E-state index contributed by atoms with van der Waals surface area (Å²) in [6.07, 6.45) is 3.23. The average Bonchev–Trinajstić information content (AvgIpc) is 2.96. The van der Waals surface area contributed by atoms with Crippen molar-refractivity contribution < 1.29 is 18.8 Å². The van der Waals surface area contributed by atoms with Gasteiger partial charge in [0, 0.05) is 51.2 Å². The number of para-hydroxylation sites is 1. The quantitative estimate of drug-likeness (QED) is 0.483. The standard InChI is InChI=1S/C30H38FN5O3/c31-25-9-4-5-10-27(25)35-19-17-34(18-20-35)15-6-14-32-28(37)23-11-12-24-26(21-23)33-30(39)36(29(24)38)16-13-22-7-2-1-3-8-22/h1-5,7-10,23-24,26H,6,11-21H2,(H,32,37)(H,33,39). The zero-order valence-corrected chi connectivity index (χ0v) is 22.4. The Labute approximate surface area is 229 Å². The fourth-order valence-electron chi connectivity index (χ4n) is 6.08. The van der Waals surface area contributed by atoms with Crippen molar-refractivity contribution in [1.82, 2.24) is 20.4 Å². The summed E-state index contributed by atoms with van der Waals surface area (Å²) in [6.45, 7) is 5.13. The van der Waals surface area contributed by atoms with E-state index in [2.05, 4.69) is 20.4 Å². The first-order chi connectivity index (χ1) is 19.0. The van der Waals surface area contributed by atoms with E-state index in [1.165, 1.54) is 11.0 Å². The molecule has 4 amide bonds. The van der Waals surface area contributed by atoms with E-state index in [1.807, 2.05) is 42.5 Å². The van der Waals surface area contributed by atoms with Crippen LogP contribution in [-0.4, -0.2) is 79.5 Å². The van der Waals surface area contributed by atoms with Crippen LogP contribution in [0.4, 0.5) is 14.9 Å². The smallest absolute Gasteiger partial charge is 0.324 e. The summed E-state index contributed by atoms with van der Waals surface area (Å²) < 4.78 is 14.1. The average molecular weight is 536 g/mol. The first-order valence-electron chi connectivity index (χ1n) is 14.1. The van der Waals surface area contributed by atoms with E-state index >= 15 is 0 Å². The zero-order valence-electron chi connectivity index (χ0n) is 22.4. The lowest BCUT2D eigenvalue weighted by atomic mass is 9.76. The van der Waals surface area contributed by atoms with Gasteiger partial charge in [-0.05, 0) is 56.3 Å². The summed E-state index contributed by atoms with van der Waals surface area (Å²) in [6, 6.07) is 16.1. The number of hydrogen-bond donors (Lipinski definition) is 2. The van der Waals surface area contributed by atoms with Gasteiger partial charge in [-0.15, -0.1) is 0 Å². The Morgan fingerprint density at radius 3 is 2.46 bits per heavy atom. The fourth-order valence-corrected chi connectivity index (χ4v) is 6.08. The molecule has 2 aromatic carbocycles. The monoisotopic (exact) mass is 535 g/mol. The van der Waals surface area contributed by atoms with E-state index in [0.29, 0.717) is 44.5 Å². The molecule has 3 atom stereocenters. The summed E-state index contributed by atoms with van der Waals surface area (Å²) in [5.41, 5.74) is 1.75. The van der Waals surface area contributed by atoms with E-state index in [9.17, 15) is 18.8 Å². The number of nitrogens with zero attached hydrogens (tertiary/aromatic N) is 3. The highest BCUT2D eigenvalue weighted by atomic mass is 19.1. The van der Waals surface area contributed by atoms with Gasteiger partial charge in [-0.3, -0.25) is 19.4 Å². The van der Waals surface area contributed by atoms with Crippen molar-refractivity contribution in [3.05, 3.63) is 66.0 Å². The van der Waals surface area contributed by atoms with Crippen molar-refractivity contribution in [1.29, 1.82) is 0 Å². The number of benzene rings is 2. The van der Waals surface area contributed by atoms with Crippen LogP contribution >= 0.6 is 0 Å². The van der Waals surface area contributed by atoms with Gasteiger partial charge in [-0.25, -0.2) is 9.18 Å². The molecule has 2 saturated heterocycles. The molecule has 2 aromatic rings. The molecule has 5 rings (SSSR count). The Balaban J connectivity index is 1.01. The molecule has 3 aliphatic rings. The van der Waals surface area contributed by atoms with Gasteiger partial charge >= 0.3 is 6.03 Å². The number of carbonyl (C=O) groups excluding carboxylic acids is 3. The summed E-state index contributed by atoms with van der Waals surface area (Å²) in [4.78, 5) is 44.4. The molecule has 0 aromatic heterocycles. The van der Waals surface area contributed by atoms with Crippen LogP contribution in [0.15, 0.2) is 54.6 Å². The van der Waals surface area contributed by atoms with Gasteiger partial charge in [-0.1, -0.05) is 42.5 Å². The van der Waals surface area contributed by atoms with E-state index in [4.69, 9.17) is 0 Å². The van der Waals surface area contributed by atoms with Crippen molar-refractivity contribution in [2.24, 2.45) is 11.8 Å². The van der Waals surface area contributed by atoms with Crippen LogP contribution in [0.1, 0.15) is 31.2 Å². The maximum atomic E-state index is 14.1. The number of piperazine rings is 1. The van der Waals surface area contributed by atoms with Crippen molar-refractivity contribution in [3.8, 4) is 0 Å². The lowest BCUT2D eigenvalue weighted by molar-refractivity contribution is -0.139. The van der Waals surface area contributed by atoms with Gasteiger partial charge in [0.05, 0.1) is 11.6 Å². The van der Waals surface area contributed by atoms with Crippen molar-refractivity contribution in [3.63, 3.8) is 0 Å². The predicted molar refractivity (Wildman–Crippen MR) is 148 cm³/mol. The molecule has 2 aliphatic heterocycles. The number of rotatable bonds is 9. The second-order valence-electron chi connectivity index (χ2n) is 10.8. The van der Waals surface area contributed by atoms with Crippen LogP contribution in [-0.2, 0) is 16.0 Å². The molecule has 8 nitrogen and oxygen atoms in total. The molecular weight excluding hydrogens is 497 g/mol. The Kier molecular flexibility index (Phi) is 8.76. The molecule has 39 heavy (non-hydrogen) atoms. The lowest BCUT2D eigenvalue weighted by Crippen LogP contribution is -2.62. The van der Waals surface area contributed by atoms with Gasteiger partial charge in [0.25, 0.3) is 0 Å². The number of nitrogens with one attached hydrogen (secondary N) is 2. The number of imide groups is 1. The van der Waals surface area contributed by atoms with Crippen molar-refractivity contribution in [2.45, 2.75) is 38.1 Å².